The molecule has 1 aromatic rings. The lowest BCUT2D eigenvalue weighted by atomic mass is 9.97. The lowest BCUT2D eigenvalue weighted by Crippen LogP contribution is -2.19. The summed E-state index contributed by atoms with van der Waals surface area (Å²) in [7, 11) is 0. The molecule has 0 radical (unpaired) electrons. The topological polar surface area (TPSA) is 29.5 Å². The highest BCUT2D eigenvalue weighted by atomic mass is 79.9. The summed E-state index contributed by atoms with van der Waals surface area (Å²) in [6, 6.07) is 3.24. The maximum atomic E-state index is 14.0. The second-order valence-corrected chi connectivity index (χ2v) is 5.00. The van der Waals surface area contributed by atoms with Gasteiger partial charge < -0.3 is 9.84 Å². The molecule has 4 heteroatoms. The Hall–Kier alpha value is -0.610. The van der Waals surface area contributed by atoms with E-state index in [1.807, 2.05) is 6.92 Å². The average Bonchev–Trinajstić information content (AvgIpc) is 2.14. The van der Waals surface area contributed by atoms with Gasteiger partial charge in [0.25, 0.3) is 0 Å². The van der Waals surface area contributed by atoms with Gasteiger partial charge in [-0.25, -0.2) is 4.39 Å². The number of rotatable bonds is 4. The molecule has 0 fully saturated rings. The van der Waals surface area contributed by atoms with Crippen LogP contribution < -0.4 is 4.74 Å². The fourth-order valence-corrected chi connectivity index (χ4v) is 2.21. The lowest BCUT2D eigenvalue weighted by molar-refractivity contribution is 0.0729. The number of hydrogen-bond donors (Lipinski definition) is 1. The van der Waals surface area contributed by atoms with Crippen LogP contribution in [0.5, 0.6) is 5.75 Å². The zero-order valence-electron chi connectivity index (χ0n) is 9.68. The Kier molecular flexibility index (Phi) is 4.33. The predicted octanol–water partition coefficient (Wildman–Crippen LogP) is 3.60. The highest BCUT2D eigenvalue weighted by Gasteiger charge is 2.26. The Morgan fingerprint density at radius 2 is 2.06 bits per heavy atom. The third-order valence-electron chi connectivity index (χ3n) is 2.13. The SMILES string of the molecule is CCCOc1ccc(Br)c(C(C)(C)O)c1F. The van der Waals surface area contributed by atoms with Crippen LogP contribution in [0.2, 0.25) is 0 Å². The number of benzene rings is 1. The van der Waals surface area contributed by atoms with E-state index in [0.717, 1.165) is 6.42 Å². The summed E-state index contributed by atoms with van der Waals surface area (Å²) in [5, 5.41) is 9.87. The van der Waals surface area contributed by atoms with Gasteiger partial charge in [-0.15, -0.1) is 0 Å². The largest absolute Gasteiger partial charge is 0.491 e. The first-order chi connectivity index (χ1) is 7.38. The summed E-state index contributed by atoms with van der Waals surface area (Å²) in [5.41, 5.74) is -1.02. The second kappa shape index (κ2) is 5.15. The van der Waals surface area contributed by atoms with Crippen LogP contribution in [0.1, 0.15) is 32.8 Å². The molecule has 0 saturated carbocycles. The van der Waals surface area contributed by atoms with E-state index in [4.69, 9.17) is 4.74 Å². The monoisotopic (exact) mass is 290 g/mol. The molecule has 0 atom stereocenters. The molecular weight excluding hydrogens is 275 g/mol. The first-order valence-electron chi connectivity index (χ1n) is 5.21. The Morgan fingerprint density at radius 3 is 2.56 bits per heavy atom. The van der Waals surface area contributed by atoms with E-state index in [0.29, 0.717) is 11.1 Å². The molecule has 0 unspecified atom stereocenters. The Morgan fingerprint density at radius 1 is 1.44 bits per heavy atom. The molecule has 1 N–H and O–H groups in total. The van der Waals surface area contributed by atoms with E-state index in [-0.39, 0.29) is 11.3 Å². The number of hydrogen-bond acceptors (Lipinski definition) is 2. The van der Waals surface area contributed by atoms with Crippen molar-refractivity contribution in [2.24, 2.45) is 0 Å². The summed E-state index contributed by atoms with van der Waals surface area (Å²) in [6.07, 6.45) is 0.813. The van der Waals surface area contributed by atoms with Gasteiger partial charge in [0.1, 0.15) is 0 Å². The molecule has 0 aliphatic heterocycles. The molecule has 2 nitrogen and oxygen atoms in total. The predicted molar refractivity (Wildman–Crippen MR) is 65.1 cm³/mol. The van der Waals surface area contributed by atoms with Crippen molar-refractivity contribution in [2.45, 2.75) is 32.8 Å². The van der Waals surface area contributed by atoms with Gasteiger partial charge in [0.15, 0.2) is 11.6 Å². The maximum Gasteiger partial charge on any atom is 0.172 e. The Bertz CT molecular complexity index is 372. The smallest absolute Gasteiger partial charge is 0.172 e. The summed E-state index contributed by atoms with van der Waals surface area (Å²) in [6.45, 7) is 5.50. The molecule has 0 bridgehead atoms. The second-order valence-electron chi connectivity index (χ2n) is 4.14. The minimum atomic E-state index is -1.24. The van der Waals surface area contributed by atoms with Crippen molar-refractivity contribution in [3.05, 3.63) is 28.0 Å². The standard InChI is InChI=1S/C12H16BrFO2/c1-4-7-16-9-6-5-8(13)10(11(9)14)12(2,3)15/h5-6,15H,4,7H2,1-3H3. The van der Waals surface area contributed by atoms with Gasteiger partial charge >= 0.3 is 0 Å². The van der Waals surface area contributed by atoms with Gasteiger partial charge in [-0.2, -0.15) is 0 Å². The van der Waals surface area contributed by atoms with Crippen LogP contribution >= 0.6 is 15.9 Å². The van der Waals surface area contributed by atoms with E-state index < -0.39 is 11.4 Å². The van der Waals surface area contributed by atoms with E-state index in [9.17, 15) is 9.50 Å². The van der Waals surface area contributed by atoms with E-state index in [1.165, 1.54) is 0 Å². The minimum Gasteiger partial charge on any atom is -0.491 e. The van der Waals surface area contributed by atoms with Crippen molar-refractivity contribution in [2.75, 3.05) is 6.61 Å². The van der Waals surface area contributed by atoms with Crippen LogP contribution in [-0.2, 0) is 5.60 Å². The highest BCUT2D eigenvalue weighted by molar-refractivity contribution is 9.10. The number of halogens is 2. The van der Waals surface area contributed by atoms with E-state index >= 15 is 0 Å². The van der Waals surface area contributed by atoms with Crippen LogP contribution in [0.4, 0.5) is 4.39 Å². The quantitative estimate of drug-likeness (QED) is 0.918. The Balaban J connectivity index is 3.17. The molecule has 1 aromatic carbocycles. The van der Waals surface area contributed by atoms with Crippen molar-refractivity contribution in [3.63, 3.8) is 0 Å². The van der Waals surface area contributed by atoms with Crippen molar-refractivity contribution < 1.29 is 14.2 Å². The lowest BCUT2D eigenvalue weighted by Gasteiger charge is -2.21. The fraction of sp³-hybridized carbons (Fsp3) is 0.500. The number of aliphatic hydroxyl groups is 1. The molecule has 0 aliphatic rings. The molecule has 0 aromatic heterocycles. The first-order valence-corrected chi connectivity index (χ1v) is 6.01. The molecule has 0 aliphatic carbocycles. The molecule has 16 heavy (non-hydrogen) atoms. The average molecular weight is 291 g/mol. The van der Waals surface area contributed by atoms with Crippen molar-refractivity contribution in [1.82, 2.24) is 0 Å². The van der Waals surface area contributed by atoms with Crippen LogP contribution in [0.25, 0.3) is 0 Å². The van der Waals surface area contributed by atoms with Gasteiger partial charge in [-0.3, -0.25) is 0 Å². The van der Waals surface area contributed by atoms with Crippen LogP contribution in [0, 0.1) is 5.82 Å². The summed E-state index contributed by atoms with van der Waals surface area (Å²) in [4.78, 5) is 0. The molecule has 90 valence electrons. The van der Waals surface area contributed by atoms with Crippen LogP contribution in [-0.4, -0.2) is 11.7 Å². The van der Waals surface area contributed by atoms with Gasteiger partial charge in [-0.1, -0.05) is 22.9 Å². The first kappa shape index (κ1) is 13.5. The molecule has 0 spiro atoms. The molecule has 0 amide bonds. The van der Waals surface area contributed by atoms with E-state index in [2.05, 4.69) is 15.9 Å². The molecule has 0 heterocycles. The third-order valence-corrected chi connectivity index (χ3v) is 2.79. The van der Waals surface area contributed by atoms with Gasteiger partial charge in [0.05, 0.1) is 12.2 Å². The van der Waals surface area contributed by atoms with Crippen molar-refractivity contribution in [3.8, 4) is 5.75 Å². The molecular formula is C12H16BrFO2. The van der Waals surface area contributed by atoms with E-state index in [1.54, 1.807) is 26.0 Å². The van der Waals surface area contributed by atoms with Crippen molar-refractivity contribution >= 4 is 15.9 Å². The fourth-order valence-electron chi connectivity index (χ4n) is 1.42. The summed E-state index contributed by atoms with van der Waals surface area (Å²) in [5.74, 6) is -0.322. The maximum absolute atomic E-state index is 14.0. The number of ether oxygens (including phenoxy) is 1. The zero-order valence-corrected chi connectivity index (χ0v) is 11.3. The minimum absolute atomic E-state index is 0.183. The normalized spacial score (nSPS) is 11.6. The summed E-state index contributed by atoms with van der Waals surface area (Å²) < 4.78 is 19.9. The van der Waals surface area contributed by atoms with Crippen molar-refractivity contribution in [1.29, 1.82) is 0 Å². The zero-order chi connectivity index (χ0) is 12.3. The summed E-state index contributed by atoms with van der Waals surface area (Å²) >= 11 is 3.23. The highest BCUT2D eigenvalue weighted by Crippen LogP contribution is 2.35. The van der Waals surface area contributed by atoms with Gasteiger partial charge in [0, 0.05) is 10.0 Å². The Labute approximate surface area is 104 Å². The molecule has 0 saturated heterocycles. The van der Waals surface area contributed by atoms with Gasteiger partial charge in [0.2, 0.25) is 0 Å². The van der Waals surface area contributed by atoms with Crippen LogP contribution in [0.15, 0.2) is 16.6 Å². The van der Waals surface area contributed by atoms with Gasteiger partial charge in [-0.05, 0) is 32.4 Å². The third kappa shape index (κ3) is 2.95. The molecule has 1 rings (SSSR count). The van der Waals surface area contributed by atoms with Crippen LogP contribution in [0.3, 0.4) is 0 Å².